The van der Waals surface area contributed by atoms with Crippen molar-refractivity contribution in [2.24, 2.45) is 5.92 Å². The first-order valence-corrected chi connectivity index (χ1v) is 6.45. The molecule has 1 aliphatic rings. The first-order chi connectivity index (χ1) is 7.88. The smallest absolute Gasteiger partial charge is 0.236 e. The highest BCUT2D eigenvalue weighted by atomic mass is 16.5. The third-order valence-corrected chi connectivity index (χ3v) is 2.82. The van der Waals surface area contributed by atoms with Crippen LogP contribution in [0.1, 0.15) is 33.6 Å². The van der Waals surface area contributed by atoms with Gasteiger partial charge in [-0.2, -0.15) is 0 Å². The minimum Gasteiger partial charge on any atom is -0.379 e. The van der Waals surface area contributed by atoms with Gasteiger partial charge in [-0.05, 0) is 39.5 Å². The molecule has 0 saturated heterocycles. The maximum Gasteiger partial charge on any atom is 0.236 e. The lowest BCUT2D eigenvalue weighted by atomic mass is 10.1. The van der Waals surface area contributed by atoms with E-state index in [9.17, 15) is 4.79 Å². The fourth-order valence-corrected chi connectivity index (χ4v) is 1.34. The monoisotopic (exact) mass is 242 g/mol. The van der Waals surface area contributed by atoms with Crippen LogP contribution in [0.15, 0.2) is 0 Å². The summed E-state index contributed by atoms with van der Waals surface area (Å²) in [7, 11) is 1.83. The molecule has 17 heavy (non-hydrogen) atoms. The van der Waals surface area contributed by atoms with Gasteiger partial charge in [-0.1, -0.05) is 0 Å². The van der Waals surface area contributed by atoms with Crippen LogP contribution < -0.4 is 5.32 Å². The van der Waals surface area contributed by atoms with Crippen LogP contribution in [0, 0.1) is 5.92 Å². The maximum absolute atomic E-state index is 11.7. The van der Waals surface area contributed by atoms with Gasteiger partial charge >= 0.3 is 0 Å². The molecular weight excluding hydrogens is 216 g/mol. The normalized spacial score (nSPS) is 16.0. The number of likely N-dealkylation sites (N-methyl/N-ethyl adjacent to an activating group) is 1. The summed E-state index contributed by atoms with van der Waals surface area (Å²) >= 11 is 0. The summed E-state index contributed by atoms with van der Waals surface area (Å²) < 4.78 is 5.51. The minimum absolute atomic E-state index is 0.0149. The van der Waals surface area contributed by atoms with E-state index in [0.717, 1.165) is 12.5 Å². The molecule has 1 rings (SSSR count). The summed E-state index contributed by atoms with van der Waals surface area (Å²) in [6.45, 7) is 8.74. The second-order valence-corrected chi connectivity index (χ2v) is 5.94. The molecule has 4 heteroatoms. The van der Waals surface area contributed by atoms with Crippen molar-refractivity contribution in [1.82, 2.24) is 10.2 Å². The van der Waals surface area contributed by atoms with E-state index in [1.165, 1.54) is 12.8 Å². The topological polar surface area (TPSA) is 41.6 Å². The summed E-state index contributed by atoms with van der Waals surface area (Å²) in [6.07, 6.45) is 2.62. The van der Waals surface area contributed by atoms with Crippen molar-refractivity contribution in [2.45, 2.75) is 39.2 Å². The van der Waals surface area contributed by atoms with Gasteiger partial charge in [-0.25, -0.2) is 0 Å². The van der Waals surface area contributed by atoms with Gasteiger partial charge in [0.05, 0.1) is 13.2 Å². The van der Waals surface area contributed by atoms with E-state index in [0.29, 0.717) is 19.7 Å². The van der Waals surface area contributed by atoms with E-state index in [4.69, 9.17) is 4.74 Å². The molecule has 1 saturated carbocycles. The van der Waals surface area contributed by atoms with Crippen molar-refractivity contribution in [3.63, 3.8) is 0 Å². The number of carbonyl (C=O) groups excluding carboxylic acids is 1. The Hall–Kier alpha value is -0.610. The lowest BCUT2D eigenvalue weighted by Crippen LogP contribution is -2.44. The summed E-state index contributed by atoms with van der Waals surface area (Å²) in [5.74, 6) is 0.911. The highest BCUT2D eigenvalue weighted by Gasteiger charge is 2.21. The molecular formula is C13H26N2O2. The SMILES string of the molecule is CN(CCOCC1CC1)C(=O)CNC(C)(C)C. The average Bonchev–Trinajstić information content (AvgIpc) is 3.03. The molecule has 0 aromatic heterocycles. The van der Waals surface area contributed by atoms with Crippen LogP contribution >= 0.6 is 0 Å². The summed E-state index contributed by atoms with van der Waals surface area (Å²) in [4.78, 5) is 13.5. The van der Waals surface area contributed by atoms with Crippen LogP contribution in [0.5, 0.6) is 0 Å². The van der Waals surface area contributed by atoms with Crippen molar-refractivity contribution in [3.8, 4) is 0 Å². The fourth-order valence-electron chi connectivity index (χ4n) is 1.34. The van der Waals surface area contributed by atoms with E-state index in [1.54, 1.807) is 4.90 Å². The summed E-state index contributed by atoms with van der Waals surface area (Å²) in [5, 5.41) is 3.19. The van der Waals surface area contributed by atoms with Gasteiger partial charge in [-0.3, -0.25) is 4.79 Å². The molecule has 0 aromatic carbocycles. The van der Waals surface area contributed by atoms with E-state index in [2.05, 4.69) is 26.1 Å². The Labute approximate surface area is 105 Å². The number of carbonyl (C=O) groups is 1. The molecule has 0 spiro atoms. The van der Waals surface area contributed by atoms with Gasteiger partial charge in [-0.15, -0.1) is 0 Å². The van der Waals surface area contributed by atoms with Crippen LogP contribution in [-0.4, -0.2) is 49.7 Å². The van der Waals surface area contributed by atoms with E-state index < -0.39 is 0 Å². The molecule has 4 nitrogen and oxygen atoms in total. The van der Waals surface area contributed by atoms with Gasteiger partial charge in [0.1, 0.15) is 0 Å². The molecule has 1 amide bonds. The van der Waals surface area contributed by atoms with E-state index in [1.807, 2.05) is 7.05 Å². The quantitative estimate of drug-likeness (QED) is 0.683. The Morgan fingerprint density at radius 2 is 2.06 bits per heavy atom. The summed E-state index contributed by atoms with van der Waals surface area (Å²) in [5.41, 5.74) is -0.0149. The average molecular weight is 242 g/mol. The molecule has 0 atom stereocenters. The molecule has 0 aliphatic heterocycles. The number of nitrogens with zero attached hydrogens (tertiary/aromatic N) is 1. The van der Waals surface area contributed by atoms with Gasteiger partial charge in [0, 0.05) is 25.7 Å². The van der Waals surface area contributed by atoms with Crippen LogP contribution in [0.3, 0.4) is 0 Å². The first-order valence-electron chi connectivity index (χ1n) is 6.45. The third kappa shape index (κ3) is 7.34. The molecule has 1 aliphatic carbocycles. The Balaban J connectivity index is 2.04. The van der Waals surface area contributed by atoms with Gasteiger partial charge in [0.25, 0.3) is 0 Å². The molecule has 1 fully saturated rings. The van der Waals surface area contributed by atoms with E-state index in [-0.39, 0.29) is 11.4 Å². The number of amides is 1. The Bertz CT molecular complexity index is 244. The number of rotatable bonds is 7. The zero-order chi connectivity index (χ0) is 12.9. The van der Waals surface area contributed by atoms with Crippen LogP contribution in [-0.2, 0) is 9.53 Å². The molecule has 0 heterocycles. The molecule has 0 radical (unpaired) electrons. The largest absolute Gasteiger partial charge is 0.379 e. The predicted molar refractivity (Wildman–Crippen MR) is 68.9 cm³/mol. The lowest BCUT2D eigenvalue weighted by Gasteiger charge is -2.23. The van der Waals surface area contributed by atoms with Crippen molar-refractivity contribution < 1.29 is 9.53 Å². The Morgan fingerprint density at radius 3 is 2.59 bits per heavy atom. The minimum atomic E-state index is -0.0149. The predicted octanol–water partition coefficient (Wildman–Crippen LogP) is 1.26. The Kier molecular flexibility index (Phi) is 5.40. The number of hydrogen-bond acceptors (Lipinski definition) is 3. The molecule has 0 aromatic rings. The van der Waals surface area contributed by atoms with Crippen LogP contribution in [0.4, 0.5) is 0 Å². The Morgan fingerprint density at radius 1 is 1.41 bits per heavy atom. The van der Waals surface area contributed by atoms with Crippen molar-refractivity contribution in [3.05, 3.63) is 0 Å². The highest BCUT2D eigenvalue weighted by molar-refractivity contribution is 5.78. The molecule has 0 unspecified atom stereocenters. The second-order valence-electron chi connectivity index (χ2n) is 5.94. The summed E-state index contributed by atoms with van der Waals surface area (Å²) in [6, 6.07) is 0. The van der Waals surface area contributed by atoms with E-state index >= 15 is 0 Å². The molecule has 100 valence electrons. The molecule has 0 bridgehead atoms. The maximum atomic E-state index is 11.7. The third-order valence-electron chi connectivity index (χ3n) is 2.82. The molecule has 1 N–H and O–H groups in total. The highest BCUT2D eigenvalue weighted by Crippen LogP contribution is 2.28. The van der Waals surface area contributed by atoms with Crippen LogP contribution in [0.25, 0.3) is 0 Å². The second kappa shape index (κ2) is 6.36. The van der Waals surface area contributed by atoms with Crippen molar-refractivity contribution >= 4 is 5.91 Å². The zero-order valence-corrected chi connectivity index (χ0v) is 11.6. The zero-order valence-electron chi connectivity index (χ0n) is 11.6. The van der Waals surface area contributed by atoms with Crippen LogP contribution in [0.2, 0.25) is 0 Å². The number of ether oxygens (including phenoxy) is 1. The van der Waals surface area contributed by atoms with Crippen molar-refractivity contribution in [1.29, 1.82) is 0 Å². The van der Waals surface area contributed by atoms with Gasteiger partial charge in [0.15, 0.2) is 0 Å². The van der Waals surface area contributed by atoms with Gasteiger partial charge < -0.3 is 15.0 Å². The van der Waals surface area contributed by atoms with Gasteiger partial charge in [0.2, 0.25) is 5.91 Å². The first kappa shape index (κ1) is 14.5. The lowest BCUT2D eigenvalue weighted by molar-refractivity contribution is -0.129. The van der Waals surface area contributed by atoms with Crippen molar-refractivity contribution in [2.75, 3.05) is 33.4 Å². The number of nitrogens with one attached hydrogen (secondary N) is 1. The fraction of sp³-hybridized carbons (Fsp3) is 0.923. The number of hydrogen-bond donors (Lipinski definition) is 1. The standard InChI is InChI=1S/C13H26N2O2/c1-13(2,3)14-9-12(16)15(4)7-8-17-10-11-5-6-11/h11,14H,5-10H2,1-4H3.